The second-order valence-corrected chi connectivity index (χ2v) is 5.48. The molecular weight excluding hydrogens is 232 g/mol. The van der Waals surface area contributed by atoms with Crippen molar-refractivity contribution < 1.29 is 14.7 Å². The smallest absolute Gasteiger partial charge is 0.315 e. The van der Waals surface area contributed by atoms with E-state index in [1.807, 2.05) is 0 Å². The number of amides is 2. The zero-order chi connectivity index (χ0) is 13.5. The largest absolute Gasteiger partial charge is 0.481 e. The summed E-state index contributed by atoms with van der Waals surface area (Å²) in [6.45, 7) is 4.65. The van der Waals surface area contributed by atoms with E-state index < -0.39 is 5.97 Å². The molecule has 1 fully saturated rings. The van der Waals surface area contributed by atoms with E-state index in [1.165, 1.54) is 25.7 Å². The summed E-state index contributed by atoms with van der Waals surface area (Å²) < 4.78 is 0. The molecular formula is C13H24N2O3. The monoisotopic (exact) mass is 256 g/mol. The van der Waals surface area contributed by atoms with Gasteiger partial charge in [0.05, 0.1) is 6.42 Å². The van der Waals surface area contributed by atoms with Crippen LogP contribution in [0.4, 0.5) is 4.79 Å². The van der Waals surface area contributed by atoms with Gasteiger partial charge in [-0.1, -0.05) is 19.8 Å². The van der Waals surface area contributed by atoms with Gasteiger partial charge in [-0.05, 0) is 31.6 Å². The molecule has 1 unspecified atom stereocenters. The second kappa shape index (κ2) is 7.24. The minimum atomic E-state index is -0.899. The van der Waals surface area contributed by atoms with Crippen LogP contribution in [0.3, 0.4) is 0 Å². The Morgan fingerprint density at radius 3 is 2.44 bits per heavy atom. The molecule has 104 valence electrons. The Morgan fingerprint density at radius 2 is 1.89 bits per heavy atom. The second-order valence-electron chi connectivity index (χ2n) is 5.48. The van der Waals surface area contributed by atoms with Crippen LogP contribution in [0, 0.1) is 11.8 Å². The standard InChI is InChI=1S/C13H24N2O3/c1-9-3-5-11(6-4-9)8-14-13(18)15-10(2)7-12(16)17/h9-11H,3-8H2,1-2H3,(H,16,17)(H2,14,15,18). The number of carbonyl (C=O) groups excluding carboxylic acids is 1. The van der Waals surface area contributed by atoms with Crippen LogP contribution >= 0.6 is 0 Å². The van der Waals surface area contributed by atoms with Gasteiger partial charge >= 0.3 is 12.0 Å². The summed E-state index contributed by atoms with van der Waals surface area (Å²) in [5, 5.41) is 14.0. The summed E-state index contributed by atoms with van der Waals surface area (Å²) in [4.78, 5) is 22.0. The van der Waals surface area contributed by atoms with Crippen molar-refractivity contribution in [3.63, 3.8) is 0 Å². The molecule has 1 atom stereocenters. The Balaban J connectivity index is 2.15. The van der Waals surface area contributed by atoms with E-state index in [-0.39, 0.29) is 18.5 Å². The van der Waals surface area contributed by atoms with E-state index in [9.17, 15) is 9.59 Å². The van der Waals surface area contributed by atoms with Crippen LogP contribution in [0.1, 0.15) is 46.0 Å². The molecule has 0 spiro atoms. The first-order valence-corrected chi connectivity index (χ1v) is 6.73. The molecule has 3 N–H and O–H groups in total. The molecule has 0 bridgehead atoms. The summed E-state index contributed by atoms with van der Waals surface area (Å²) in [5.74, 6) is 0.483. The summed E-state index contributed by atoms with van der Waals surface area (Å²) in [6, 6.07) is -0.601. The molecule has 2 amide bonds. The van der Waals surface area contributed by atoms with Gasteiger partial charge < -0.3 is 15.7 Å². The first-order valence-electron chi connectivity index (χ1n) is 6.73. The lowest BCUT2D eigenvalue weighted by molar-refractivity contribution is -0.137. The lowest BCUT2D eigenvalue weighted by Crippen LogP contribution is -2.43. The number of carboxylic acids is 1. The number of carbonyl (C=O) groups is 2. The van der Waals surface area contributed by atoms with Crippen LogP contribution < -0.4 is 10.6 Å². The lowest BCUT2D eigenvalue weighted by Gasteiger charge is -2.26. The number of carboxylic acid groups (broad SMARTS) is 1. The molecule has 1 aliphatic carbocycles. The van der Waals surface area contributed by atoms with Crippen LogP contribution in [-0.2, 0) is 4.79 Å². The van der Waals surface area contributed by atoms with E-state index in [0.717, 1.165) is 5.92 Å². The highest BCUT2D eigenvalue weighted by Crippen LogP contribution is 2.27. The minimum Gasteiger partial charge on any atom is -0.481 e. The Labute approximate surface area is 108 Å². The molecule has 0 radical (unpaired) electrons. The van der Waals surface area contributed by atoms with Crippen LogP contribution in [0.2, 0.25) is 0 Å². The summed E-state index contributed by atoms with van der Waals surface area (Å²) in [6.07, 6.45) is 4.78. The molecule has 0 saturated heterocycles. The van der Waals surface area contributed by atoms with E-state index in [4.69, 9.17) is 5.11 Å². The van der Waals surface area contributed by atoms with Crippen molar-refractivity contribution in [3.8, 4) is 0 Å². The van der Waals surface area contributed by atoms with Crippen molar-refractivity contribution in [3.05, 3.63) is 0 Å². The third-order valence-electron chi connectivity index (χ3n) is 3.55. The van der Waals surface area contributed by atoms with Crippen LogP contribution in [0.25, 0.3) is 0 Å². The van der Waals surface area contributed by atoms with E-state index >= 15 is 0 Å². The zero-order valence-electron chi connectivity index (χ0n) is 11.2. The number of nitrogens with one attached hydrogen (secondary N) is 2. The third kappa shape index (κ3) is 5.89. The lowest BCUT2D eigenvalue weighted by atomic mass is 9.83. The van der Waals surface area contributed by atoms with Gasteiger partial charge in [-0.3, -0.25) is 4.79 Å². The predicted octanol–water partition coefficient (Wildman–Crippen LogP) is 1.98. The fourth-order valence-electron chi connectivity index (χ4n) is 2.36. The predicted molar refractivity (Wildman–Crippen MR) is 69.4 cm³/mol. The van der Waals surface area contributed by atoms with Crippen molar-refractivity contribution in [2.24, 2.45) is 11.8 Å². The number of hydrogen-bond donors (Lipinski definition) is 3. The van der Waals surface area contributed by atoms with Crippen molar-refractivity contribution in [2.45, 2.75) is 52.0 Å². The molecule has 0 aromatic heterocycles. The maximum Gasteiger partial charge on any atom is 0.315 e. The molecule has 5 nitrogen and oxygen atoms in total. The highest BCUT2D eigenvalue weighted by Gasteiger charge is 2.19. The summed E-state index contributed by atoms with van der Waals surface area (Å²) in [5.41, 5.74) is 0. The third-order valence-corrected chi connectivity index (χ3v) is 3.55. The zero-order valence-corrected chi connectivity index (χ0v) is 11.2. The number of hydrogen-bond acceptors (Lipinski definition) is 2. The summed E-state index contributed by atoms with van der Waals surface area (Å²) in [7, 11) is 0. The summed E-state index contributed by atoms with van der Waals surface area (Å²) >= 11 is 0. The molecule has 5 heteroatoms. The first-order chi connectivity index (χ1) is 8.47. The van der Waals surface area contributed by atoms with Crippen LogP contribution in [0.5, 0.6) is 0 Å². The van der Waals surface area contributed by atoms with Gasteiger partial charge in [0.1, 0.15) is 0 Å². The number of urea groups is 1. The minimum absolute atomic E-state index is 0.0473. The Bertz CT molecular complexity index is 286. The Hall–Kier alpha value is -1.26. The molecule has 0 aromatic rings. The van der Waals surface area contributed by atoms with Crippen LogP contribution in [-0.4, -0.2) is 29.7 Å². The van der Waals surface area contributed by atoms with E-state index in [1.54, 1.807) is 6.92 Å². The van der Waals surface area contributed by atoms with Crippen LogP contribution in [0.15, 0.2) is 0 Å². The van der Waals surface area contributed by atoms with Gasteiger partial charge in [-0.2, -0.15) is 0 Å². The average Bonchev–Trinajstić information content (AvgIpc) is 2.27. The fourth-order valence-corrected chi connectivity index (χ4v) is 2.36. The van der Waals surface area contributed by atoms with E-state index in [0.29, 0.717) is 12.5 Å². The Morgan fingerprint density at radius 1 is 1.28 bits per heavy atom. The van der Waals surface area contributed by atoms with Gasteiger partial charge in [0.25, 0.3) is 0 Å². The SMILES string of the molecule is CC1CCC(CNC(=O)NC(C)CC(=O)O)CC1. The topological polar surface area (TPSA) is 78.4 Å². The first kappa shape index (κ1) is 14.8. The van der Waals surface area contributed by atoms with Gasteiger partial charge in [0.2, 0.25) is 0 Å². The maximum atomic E-state index is 11.5. The molecule has 0 aliphatic heterocycles. The number of aliphatic carboxylic acids is 1. The average molecular weight is 256 g/mol. The van der Waals surface area contributed by atoms with Gasteiger partial charge in [-0.15, -0.1) is 0 Å². The molecule has 18 heavy (non-hydrogen) atoms. The van der Waals surface area contributed by atoms with Crippen molar-refractivity contribution in [1.29, 1.82) is 0 Å². The molecule has 1 rings (SSSR count). The quantitative estimate of drug-likeness (QED) is 0.703. The molecule has 0 heterocycles. The highest BCUT2D eigenvalue weighted by molar-refractivity contribution is 5.75. The van der Waals surface area contributed by atoms with E-state index in [2.05, 4.69) is 17.6 Å². The van der Waals surface area contributed by atoms with Crippen molar-refractivity contribution >= 4 is 12.0 Å². The van der Waals surface area contributed by atoms with Crippen molar-refractivity contribution in [1.82, 2.24) is 10.6 Å². The number of rotatable bonds is 5. The molecule has 1 aliphatic rings. The molecule has 1 saturated carbocycles. The molecule has 0 aromatic carbocycles. The van der Waals surface area contributed by atoms with Gasteiger partial charge in [0.15, 0.2) is 0 Å². The highest BCUT2D eigenvalue weighted by atomic mass is 16.4. The Kier molecular flexibility index (Phi) is 5.95. The van der Waals surface area contributed by atoms with Crippen molar-refractivity contribution in [2.75, 3.05) is 6.54 Å². The fraction of sp³-hybridized carbons (Fsp3) is 0.846. The van der Waals surface area contributed by atoms with Gasteiger partial charge in [0, 0.05) is 12.6 Å². The normalized spacial score (nSPS) is 25.2. The van der Waals surface area contributed by atoms with Gasteiger partial charge in [-0.25, -0.2) is 4.79 Å². The maximum absolute atomic E-state index is 11.5.